The van der Waals surface area contributed by atoms with Crippen LogP contribution in [0.5, 0.6) is 5.75 Å². The number of nitrogens with one attached hydrogen (secondary N) is 1. The molecule has 0 radical (unpaired) electrons. The number of anilines is 2. The quantitative estimate of drug-likeness (QED) is 0.714. The highest BCUT2D eigenvalue weighted by molar-refractivity contribution is 5.76. The van der Waals surface area contributed by atoms with Crippen LogP contribution in [-0.4, -0.2) is 28.9 Å². The molecule has 1 aromatic carbocycles. The number of nitrogens with two attached hydrogens (primary N) is 1. The number of rotatable bonds is 1. The highest BCUT2D eigenvalue weighted by atomic mass is 16.3. The molecule has 5 heteroatoms. The predicted octanol–water partition coefficient (Wildman–Crippen LogP) is 1.75. The maximum absolute atomic E-state index is 10.4. The topological polar surface area (TPSA) is 78.2 Å². The summed E-state index contributed by atoms with van der Waals surface area (Å²) >= 11 is 0. The van der Waals surface area contributed by atoms with Crippen molar-refractivity contribution in [2.24, 2.45) is 0 Å². The highest BCUT2D eigenvalue weighted by Crippen LogP contribution is 2.39. The Labute approximate surface area is 105 Å². The van der Waals surface area contributed by atoms with E-state index in [1.165, 1.54) is 0 Å². The Bertz CT molecular complexity index is 591. The van der Waals surface area contributed by atoms with Gasteiger partial charge in [0, 0.05) is 36.5 Å². The number of hydrogen-bond acceptors (Lipinski definition) is 4. The molecule has 0 saturated heterocycles. The monoisotopic (exact) mass is 244 g/mol. The molecular formula is C13H16N4O. The molecule has 5 nitrogen and oxygen atoms in total. The van der Waals surface area contributed by atoms with E-state index in [1.807, 2.05) is 19.2 Å². The van der Waals surface area contributed by atoms with Crippen molar-refractivity contribution in [2.75, 3.05) is 24.2 Å². The number of nitrogen functional groups attached to an aromatic ring is 1. The van der Waals surface area contributed by atoms with Crippen molar-refractivity contribution < 1.29 is 5.11 Å². The zero-order valence-electron chi connectivity index (χ0n) is 10.3. The van der Waals surface area contributed by atoms with Gasteiger partial charge in [0.1, 0.15) is 11.6 Å². The number of benzene rings is 1. The number of H-pyrrole nitrogens is 1. The minimum absolute atomic E-state index is 0.336. The van der Waals surface area contributed by atoms with Gasteiger partial charge in [-0.3, -0.25) is 5.10 Å². The summed E-state index contributed by atoms with van der Waals surface area (Å²) in [6.07, 6.45) is 1.97. The summed E-state index contributed by atoms with van der Waals surface area (Å²) < 4.78 is 0. The lowest BCUT2D eigenvalue weighted by Gasteiger charge is -2.28. The fourth-order valence-corrected chi connectivity index (χ4v) is 2.54. The van der Waals surface area contributed by atoms with E-state index in [1.54, 1.807) is 6.07 Å². The van der Waals surface area contributed by atoms with Crippen LogP contribution in [0.15, 0.2) is 18.2 Å². The molecule has 0 aliphatic carbocycles. The molecule has 0 bridgehead atoms. The molecule has 0 atom stereocenters. The number of phenols is 1. The van der Waals surface area contributed by atoms with Gasteiger partial charge >= 0.3 is 0 Å². The molecule has 94 valence electrons. The number of aromatic hydroxyl groups is 1. The molecule has 1 aliphatic heterocycles. The lowest BCUT2D eigenvalue weighted by molar-refractivity contribution is 0.467. The van der Waals surface area contributed by atoms with Crippen LogP contribution in [0.1, 0.15) is 12.0 Å². The lowest BCUT2D eigenvalue weighted by Crippen LogP contribution is -2.24. The second-order valence-electron chi connectivity index (χ2n) is 4.69. The lowest BCUT2D eigenvalue weighted by atomic mass is 9.97. The van der Waals surface area contributed by atoms with Gasteiger partial charge in [0.25, 0.3) is 0 Å². The van der Waals surface area contributed by atoms with Crippen molar-refractivity contribution in [3.63, 3.8) is 0 Å². The normalized spacial score (nSPS) is 14.6. The first kappa shape index (κ1) is 11.0. The first-order valence-corrected chi connectivity index (χ1v) is 6.04. The molecule has 0 spiro atoms. The average molecular weight is 244 g/mol. The van der Waals surface area contributed by atoms with Crippen LogP contribution in [0.2, 0.25) is 0 Å². The fraction of sp³-hybridized carbons (Fsp3) is 0.308. The first-order valence-electron chi connectivity index (χ1n) is 6.04. The third-order valence-electron chi connectivity index (χ3n) is 3.48. The second-order valence-corrected chi connectivity index (χ2v) is 4.69. The Hall–Kier alpha value is -2.17. The van der Waals surface area contributed by atoms with Gasteiger partial charge in [0.2, 0.25) is 0 Å². The van der Waals surface area contributed by atoms with E-state index in [0.29, 0.717) is 11.6 Å². The largest absolute Gasteiger partial charge is 0.507 e. The molecule has 4 N–H and O–H groups in total. The smallest absolute Gasteiger partial charge is 0.145 e. The summed E-state index contributed by atoms with van der Waals surface area (Å²) in [4.78, 5) is 2.17. The molecule has 0 fully saturated rings. The van der Waals surface area contributed by atoms with Gasteiger partial charge in [-0.2, -0.15) is 5.10 Å². The van der Waals surface area contributed by atoms with Gasteiger partial charge in [0.15, 0.2) is 0 Å². The van der Waals surface area contributed by atoms with Gasteiger partial charge in [-0.15, -0.1) is 0 Å². The van der Waals surface area contributed by atoms with Crippen molar-refractivity contribution in [1.82, 2.24) is 10.2 Å². The van der Waals surface area contributed by atoms with E-state index >= 15 is 0 Å². The van der Waals surface area contributed by atoms with E-state index in [4.69, 9.17) is 5.73 Å². The summed E-state index contributed by atoms with van der Waals surface area (Å²) in [5, 5.41) is 17.1. The van der Waals surface area contributed by atoms with Crippen molar-refractivity contribution >= 4 is 11.5 Å². The van der Waals surface area contributed by atoms with Crippen LogP contribution in [0.3, 0.4) is 0 Å². The van der Waals surface area contributed by atoms with Crippen LogP contribution >= 0.6 is 0 Å². The Morgan fingerprint density at radius 2 is 2.28 bits per heavy atom. The standard InChI is InChI=1S/C13H16N4O/c1-17-6-2-3-9-11(17)5-4-8(13(9)18)10-7-12(14)16-15-10/h4-5,7,18H,2-3,6H2,1H3,(H3,14,15,16). The van der Waals surface area contributed by atoms with Crippen LogP contribution < -0.4 is 10.6 Å². The predicted molar refractivity (Wildman–Crippen MR) is 71.7 cm³/mol. The van der Waals surface area contributed by atoms with Gasteiger partial charge in [-0.1, -0.05) is 0 Å². The molecule has 3 rings (SSSR count). The molecule has 0 unspecified atom stereocenters. The SMILES string of the molecule is CN1CCCc2c1ccc(-c1cc(N)n[nH]1)c2O. The molecule has 18 heavy (non-hydrogen) atoms. The zero-order chi connectivity index (χ0) is 12.7. The van der Waals surface area contributed by atoms with Gasteiger partial charge < -0.3 is 15.7 Å². The average Bonchev–Trinajstić information content (AvgIpc) is 2.77. The second kappa shape index (κ2) is 3.94. The van der Waals surface area contributed by atoms with Crippen molar-refractivity contribution in [1.29, 1.82) is 0 Å². The molecule has 0 amide bonds. The van der Waals surface area contributed by atoms with E-state index < -0.39 is 0 Å². The van der Waals surface area contributed by atoms with Crippen molar-refractivity contribution in [2.45, 2.75) is 12.8 Å². The number of phenolic OH excluding ortho intramolecular Hbond substituents is 1. The number of fused-ring (bicyclic) bond motifs is 1. The Morgan fingerprint density at radius 1 is 1.44 bits per heavy atom. The number of hydrogen-bond donors (Lipinski definition) is 3. The van der Waals surface area contributed by atoms with Gasteiger partial charge in [0.05, 0.1) is 5.69 Å². The minimum Gasteiger partial charge on any atom is -0.507 e. The van der Waals surface area contributed by atoms with Gasteiger partial charge in [-0.25, -0.2) is 0 Å². The first-order chi connectivity index (χ1) is 8.66. The molecular weight excluding hydrogens is 228 g/mol. The van der Waals surface area contributed by atoms with Crippen LogP contribution in [0.25, 0.3) is 11.3 Å². The van der Waals surface area contributed by atoms with Crippen LogP contribution in [0, 0.1) is 0 Å². The number of aromatic nitrogens is 2. The highest BCUT2D eigenvalue weighted by Gasteiger charge is 2.20. The summed E-state index contributed by atoms with van der Waals surface area (Å²) in [7, 11) is 2.05. The molecule has 2 aromatic rings. The Balaban J connectivity index is 2.13. The third kappa shape index (κ3) is 1.59. The Morgan fingerprint density at radius 3 is 3.00 bits per heavy atom. The van der Waals surface area contributed by atoms with E-state index in [2.05, 4.69) is 15.1 Å². The van der Waals surface area contributed by atoms with E-state index in [-0.39, 0.29) is 0 Å². The molecule has 1 aromatic heterocycles. The summed E-state index contributed by atoms with van der Waals surface area (Å²) in [6.45, 7) is 1.03. The van der Waals surface area contributed by atoms with Gasteiger partial charge in [-0.05, 0) is 25.0 Å². The fourth-order valence-electron chi connectivity index (χ4n) is 2.54. The Kier molecular flexibility index (Phi) is 2.40. The number of aromatic amines is 1. The van der Waals surface area contributed by atoms with Crippen LogP contribution in [0.4, 0.5) is 11.5 Å². The van der Waals surface area contributed by atoms with E-state index in [9.17, 15) is 5.11 Å². The molecule has 1 aliphatic rings. The number of nitrogens with zero attached hydrogens (tertiary/aromatic N) is 2. The van der Waals surface area contributed by atoms with Crippen molar-refractivity contribution in [3.05, 3.63) is 23.8 Å². The summed E-state index contributed by atoms with van der Waals surface area (Å²) in [5.41, 5.74) is 9.22. The van der Waals surface area contributed by atoms with Crippen LogP contribution in [-0.2, 0) is 6.42 Å². The summed E-state index contributed by atoms with van der Waals surface area (Å²) in [5.74, 6) is 0.766. The molecule has 0 saturated carbocycles. The maximum Gasteiger partial charge on any atom is 0.145 e. The summed E-state index contributed by atoms with van der Waals surface area (Å²) in [6, 6.07) is 5.68. The minimum atomic E-state index is 0.336. The maximum atomic E-state index is 10.4. The zero-order valence-corrected chi connectivity index (χ0v) is 10.3. The molecule has 2 heterocycles. The van der Waals surface area contributed by atoms with Crippen molar-refractivity contribution in [3.8, 4) is 17.0 Å². The third-order valence-corrected chi connectivity index (χ3v) is 3.48. The van der Waals surface area contributed by atoms with E-state index in [0.717, 1.165) is 41.9 Å².